The molecule has 0 radical (unpaired) electrons. The van der Waals surface area contributed by atoms with Gasteiger partial charge in [0.15, 0.2) is 0 Å². The van der Waals surface area contributed by atoms with E-state index in [0.717, 1.165) is 24.0 Å². The van der Waals surface area contributed by atoms with Crippen LogP contribution in [-0.4, -0.2) is 15.3 Å². The summed E-state index contributed by atoms with van der Waals surface area (Å²) in [4.78, 5) is 0. The van der Waals surface area contributed by atoms with Crippen LogP contribution in [0.4, 0.5) is 0 Å². The Morgan fingerprint density at radius 1 is 1.19 bits per heavy atom. The molecule has 0 unspecified atom stereocenters. The third-order valence-corrected chi connectivity index (χ3v) is 3.95. The number of rotatable bonds is 5. The Labute approximate surface area is 135 Å². The fourth-order valence-corrected chi connectivity index (χ4v) is 2.53. The Bertz CT molecular complexity index is 579. The Kier molecular flexibility index (Phi) is 5.22. The minimum Gasteiger partial charge on any atom is -0.308 e. The topological polar surface area (TPSA) is 29.9 Å². The highest BCUT2D eigenvalue weighted by molar-refractivity contribution is 9.10. The first-order valence-electron chi connectivity index (χ1n) is 7.42. The summed E-state index contributed by atoms with van der Waals surface area (Å²) < 4.78 is 3.22. The lowest BCUT2D eigenvalue weighted by Gasteiger charge is -2.20. The lowest BCUT2D eigenvalue weighted by atomic mass is 10.1. The molecule has 1 aromatic carbocycles. The van der Waals surface area contributed by atoms with Crippen LogP contribution >= 0.6 is 15.9 Å². The molecule has 2 aromatic rings. The Balaban J connectivity index is 2.13. The number of benzene rings is 1. The van der Waals surface area contributed by atoms with Gasteiger partial charge in [-0.1, -0.05) is 35.0 Å². The van der Waals surface area contributed by atoms with Crippen molar-refractivity contribution in [2.45, 2.75) is 52.7 Å². The molecule has 0 aliphatic heterocycles. The highest BCUT2D eigenvalue weighted by atomic mass is 79.9. The second kappa shape index (κ2) is 6.75. The van der Waals surface area contributed by atoms with Gasteiger partial charge in [0, 0.05) is 27.8 Å². The van der Waals surface area contributed by atoms with Crippen molar-refractivity contribution in [1.29, 1.82) is 0 Å². The third-order valence-electron chi connectivity index (χ3n) is 3.42. The molecule has 0 saturated heterocycles. The van der Waals surface area contributed by atoms with E-state index in [0.29, 0.717) is 0 Å². The van der Waals surface area contributed by atoms with Crippen molar-refractivity contribution in [1.82, 2.24) is 15.1 Å². The van der Waals surface area contributed by atoms with Gasteiger partial charge in [0.1, 0.15) is 0 Å². The van der Waals surface area contributed by atoms with E-state index in [1.807, 2.05) is 6.20 Å². The van der Waals surface area contributed by atoms with Gasteiger partial charge in [0.05, 0.1) is 12.7 Å². The zero-order valence-corrected chi connectivity index (χ0v) is 14.9. The van der Waals surface area contributed by atoms with Crippen molar-refractivity contribution in [3.63, 3.8) is 0 Å². The van der Waals surface area contributed by atoms with Crippen LogP contribution in [0.5, 0.6) is 0 Å². The predicted octanol–water partition coefficient (Wildman–Crippen LogP) is 4.14. The summed E-state index contributed by atoms with van der Waals surface area (Å²) in [5, 5.41) is 8.11. The van der Waals surface area contributed by atoms with E-state index >= 15 is 0 Å². The molecule has 21 heavy (non-hydrogen) atoms. The number of halogens is 1. The number of aromatic nitrogens is 2. The van der Waals surface area contributed by atoms with Gasteiger partial charge in [-0.15, -0.1) is 0 Å². The van der Waals surface area contributed by atoms with E-state index in [-0.39, 0.29) is 5.54 Å². The second-order valence-corrected chi connectivity index (χ2v) is 7.27. The fraction of sp³-hybridized carbons (Fsp3) is 0.471. The predicted molar refractivity (Wildman–Crippen MR) is 91.4 cm³/mol. The summed E-state index contributed by atoms with van der Waals surface area (Å²) in [6, 6.07) is 8.43. The lowest BCUT2D eigenvalue weighted by Crippen LogP contribution is -2.35. The van der Waals surface area contributed by atoms with Crippen molar-refractivity contribution in [3.05, 3.63) is 51.8 Å². The summed E-state index contributed by atoms with van der Waals surface area (Å²) >= 11 is 3.47. The molecule has 0 aliphatic carbocycles. The SMILES string of the molecule is CCc1c(CNC(C)(C)C)cnn1Cc1ccc(Br)cc1. The van der Waals surface area contributed by atoms with E-state index in [1.165, 1.54) is 16.8 Å². The van der Waals surface area contributed by atoms with Crippen molar-refractivity contribution < 1.29 is 0 Å². The van der Waals surface area contributed by atoms with Crippen molar-refractivity contribution in [3.8, 4) is 0 Å². The van der Waals surface area contributed by atoms with Crippen LogP contribution in [0.2, 0.25) is 0 Å². The van der Waals surface area contributed by atoms with E-state index in [1.54, 1.807) is 0 Å². The van der Waals surface area contributed by atoms with Crippen LogP contribution in [0.25, 0.3) is 0 Å². The van der Waals surface area contributed by atoms with Crippen LogP contribution in [0.3, 0.4) is 0 Å². The van der Waals surface area contributed by atoms with Gasteiger partial charge in [-0.3, -0.25) is 4.68 Å². The van der Waals surface area contributed by atoms with Crippen LogP contribution in [0.15, 0.2) is 34.9 Å². The Hall–Kier alpha value is -1.13. The second-order valence-electron chi connectivity index (χ2n) is 6.36. The molecule has 114 valence electrons. The first-order chi connectivity index (χ1) is 9.89. The van der Waals surface area contributed by atoms with Gasteiger partial charge in [-0.25, -0.2) is 0 Å². The van der Waals surface area contributed by atoms with Crippen molar-refractivity contribution in [2.24, 2.45) is 0 Å². The zero-order valence-electron chi connectivity index (χ0n) is 13.3. The maximum atomic E-state index is 4.57. The minimum atomic E-state index is 0.124. The molecule has 2 rings (SSSR count). The van der Waals surface area contributed by atoms with Crippen molar-refractivity contribution in [2.75, 3.05) is 0 Å². The minimum absolute atomic E-state index is 0.124. The Morgan fingerprint density at radius 3 is 2.43 bits per heavy atom. The van der Waals surface area contributed by atoms with Gasteiger partial charge in [-0.2, -0.15) is 5.10 Å². The number of hydrogen-bond acceptors (Lipinski definition) is 2. The van der Waals surface area contributed by atoms with E-state index in [9.17, 15) is 0 Å². The van der Waals surface area contributed by atoms with E-state index < -0.39 is 0 Å². The summed E-state index contributed by atoms with van der Waals surface area (Å²) in [5.41, 5.74) is 4.00. The summed E-state index contributed by atoms with van der Waals surface area (Å²) in [5.74, 6) is 0. The molecule has 0 spiro atoms. The third kappa shape index (κ3) is 4.68. The molecular weight excluding hydrogens is 326 g/mol. The lowest BCUT2D eigenvalue weighted by molar-refractivity contribution is 0.423. The normalized spacial score (nSPS) is 11.9. The Morgan fingerprint density at radius 2 is 1.86 bits per heavy atom. The molecular formula is C17H24BrN3. The zero-order chi connectivity index (χ0) is 15.5. The number of nitrogens with zero attached hydrogens (tertiary/aromatic N) is 2. The highest BCUT2D eigenvalue weighted by Gasteiger charge is 2.13. The largest absolute Gasteiger partial charge is 0.308 e. The first kappa shape index (κ1) is 16.2. The first-order valence-corrected chi connectivity index (χ1v) is 8.21. The molecule has 3 nitrogen and oxygen atoms in total. The molecule has 1 N–H and O–H groups in total. The molecule has 1 heterocycles. The average Bonchev–Trinajstić information content (AvgIpc) is 2.80. The van der Waals surface area contributed by atoms with Gasteiger partial charge >= 0.3 is 0 Å². The van der Waals surface area contributed by atoms with Crippen LogP contribution < -0.4 is 5.32 Å². The van der Waals surface area contributed by atoms with Gasteiger partial charge < -0.3 is 5.32 Å². The maximum absolute atomic E-state index is 4.57. The molecule has 4 heteroatoms. The summed E-state index contributed by atoms with van der Waals surface area (Å²) in [6.45, 7) is 10.4. The molecule has 0 fully saturated rings. The van der Waals surface area contributed by atoms with Gasteiger partial charge in [0.25, 0.3) is 0 Å². The summed E-state index contributed by atoms with van der Waals surface area (Å²) in [6.07, 6.45) is 2.99. The quantitative estimate of drug-likeness (QED) is 0.878. The standard InChI is InChI=1S/C17H24BrN3/c1-5-16-14(10-19-17(2,3)4)11-20-21(16)12-13-6-8-15(18)9-7-13/h6-9,11,19H,5,10,12H2,1-4H3. The fourth-order valence-electron chi connectivity index (χ4n) is 2.27. The molecule has 0 aliphatic rings. The van der Waals surface area contributed by atoms with Gasteiger partial charge in [0.2, 0.25) is 0 Å². The monoisotopic (exact) mass is 349 g/mol. The summed E-state index contributed by atoms with van der Waals surface area (Å²) in [7, 11) is 0. The molecule has 1 aromatic heterocycles. The number of hydrogen-bond donors (Lipinski definition) is 1. The van der Waals surface area contributed by atoms with Crippen molar-refractivity contribution >= 4 is 15.9 Å². The maximum Gasteiger partial charge on any atom is 0.0662 e. The molecule has 0 saturated carbocycles. The van der Waals surface area contributed by atoms with Crippen LogP contribution in [0.1, 0.15) is 44.5 Å². The van der Waals surface area contributed by atoms with E-state index in [4.69, 9.17) is 0 Å². The smallest absolute Gasteiger partial charge is 0.0662 e. The van der Waals surface area contributed by atoms with E-state index in [2.05, 4.69) is 83.0 Å². The molecule has 0 amide bonds. The average molecular weight is 350 g/mol. The van der Waals surface area contributed by atoms with Crippen LogP contribution in [0, 0.1) is 0 Å². The van der Waals surface area contributed by atoms with Crippen LogP contribution in [-0.2, 0) is 19.5 Å². The molecule has 0 atom stereocenters. The highest BCUT2D eigenvalue weighted by Crippen LogP contribution is 2.15. The number of nitrogens with one attached hydrogen (secondary N) is 1. The molecule has 0 bridgehead atoms. The van der Waals surface area contributed by atoms with Gasteiger partial charge in [-0.05, 0) is 44.9 Å².